The molecule has 4 heteroatoms. The van der Waals surface area contributed by atoms with E-state index in [9.17, 15) is 4.79 Å². The number of fused-ring (bicyclic) bond motifs is 1. The maximum atomic E-state index is 12.0. The van der Waals surface area contributed by atoms with Gasteiger partial charge in [0.1, 0.15) is 17.1 Å². The summed E-state index contributed by atoms with van der Waals surface area (Å²) in [5.41, 5.74) is 0.616. The molecule has 0 unspecified atom stereocenters. The molecule has 0 atom stereocenters. The van der Waals surface area contributed by atoms with Crippen LogP contribution in [0, 0.1) is 0 Å². The highest BCUT2D eigenvalue weighted by Crippen LogP contribution is 2.20. The molecule has 1 aromatic carbocycles. The van der Waals surface area contributed by atoms with Gasteiger partial charge in [0, 0.05) is 13.5 Å². The number of benzene rings is 1. The number of methoxy groups -OCH3 is 1. The van der Waals surface area contributed by atoms with Gasteiger partial charge in [-0.1, -0.05) is 13.0 Å². The van der Waals surface area contributed by atoms with E-state index in [0.717, 1.165) is 12.2 Å². The first-order chi connectivity index (χ1) is 7.69. The normalized spacial score (nSPS) is 10.7. The van der Waals surface area contributed by atoms with Crippen LogP contribution in [0.2, 0.25) is 0 Å². The summed E-state index contributed by atoms with van der Waals surface area (Å²) >= 11 is 0. The van der Waals surface area contributed by atoms with Crippen molar-refractivity contribution in [2.45, 2.75) is 13.3 Å². The van der Waals surface area contributed by atoms with Crippen LogP contribution in [-0.4, -0.2) is 16.7 Å². The van der Waals surface area contributed by atoms with Crippen LogP contribution in [0.5, 0.6) is 5.75 Å². The molecule has 0 radical (unpaired) electrons. The molecule has 16 heavy (non-hydrogen) atoms. The van der Waals surface area contributed by atoms with Gasteiger partial charge >= 0.3 is 0 Å². The Morgan fingerprint density at radius 1 is 1.44 bits per heavy atom. The number of hydrogen-bond donors (Lipinski definition) is 0. The number of aryl methyl sites for hydroxylation is 1. The van der Waals surface area contributed by atoms with Gasteiger partial charge in [0.05, 0.1) is 12.5 Å². The third-order valence-corrected chi connectivity index (χ3v) is 2.70. The van der Waals surface area contributed by atoms with Gasteiger partial charge in [0.2, 0.25) is 0 Å². The van der Waals surface area contributed by atoms with E-state index in [1.807, 2.05) is 13.0 Å². The van der Waals surface area contributed by atoms with Crippen LogP contribution >= 0.6 is 0 Å². The molecule has 1 heterocycles. The van der Waals surface area contributed by atoms with Crippen LogP contribution in [-0.2, 0) is 13.5 Å². The molecule has 0 fully saturated rings. The molecule has 0 N–H and O–H groups in total. The van der Waals surface area contributed by atoms with Crippen molar-refractivity contribution in [2.24, 2.45) is 7.05 Å². The van der Waals surface area contributed by atoms with Crippen molar-refractivity contribution in [2.75, 3.05) is 7.11 Å². The zero-order chi connectivity index (χ0) is 11.7. The Hall–Kier alpha value is -1.84. The van der Waals surface area contributed by atoms with Crippen molar-refractivity contribution in [1.29, 1.82) is 0 Å². The minimum absolute atomic E-state index is 0.0271. The second kappa shape index (κ2) is 3.96. The molecule has 0 saturated heterocycles. The molecule has 2 aromatic rings. The Kier molecular flexibility index (Phi) is 2.64. The molecule has 0 spiro atoms. The zero-order valence-electron chi connectivity index (χ0n) is 9.65. The van der Waals surface area contributed by atoms with Gasteiger partial charge in [-0.3, -0.25) is 9.36 Å². The topological polar surface area (TPSA) is 44.1 Å². The number of ether oxygens (including phenoxy) is 1. The first kappa shape index (κ1) is 10.7. The fourth-order valence-electron chi connectivity index (χ4n) is 1.79. The van der Waals surface area contributed by atoms with E-state index in [2.05, 4.69) is 4.98 Å². The van der Waals surface area contributed by atoms with Crippen LogP contribution in [0.25, 0.3) is 10.9 Å². The monoisotopic (exact) mass is 218 g/mol. The van der Waals surface area contributed by atoms with Crippen LogP contribution in [0.3, 0.4) is 0 Å². The maximum absolute atomic E-state index is 12.0. The van der Waals surface area contributed by atoms with E-state index in [-0.39, 0.29) is 5.56 Å². The highest BCUT2D eigenvalue weighted by molar-refractivity contribution is 5.83. The van der Waals surface area contributed by atoms with Gasteiger partial charge in [-0.2, -0.15) is 0 Å². The average molecular weight is 218 g/mol. The number of aromatic nitrogens is 2. The molecule has 2 rings (SSSR count). The van der Waals surface area contributed by atoms with Gasteiger partial charge in [0.25, 0.3) is 5.56 Å². The molecular weight excluding hydrogens is 204 g/mol. The van der Waals surface area contributed by atoms with Gasteiger partial charge in [-0.05, 0) is 12.1 Å². The van der Waals surface area contributed by atoms with Gasteiger partial charge in [-0.15, -0.1) is 0 Å². The van der Waals surface area contributed by atoms with E-state index < -0.39 is 0 Å². The van der Waals surface area contributed by atoms with Crippen LogP contribution in [0.15, 0.2) is 23.0 Å². The standard InChI is InChI=1S/C12H14N2O2/c1-4-10-13-11-8(12(15)14(10)2)6-5-7-9(11)16-3/h5-7H,4H2,1-3H3. The summed E-state index contributed by atoms with van der Waals surface area (Å²) in [5.74, 6) is 1.41. The quantitative estimate of drug-likeness (QED) is 0.767. The van der Waals surface area contributed by atoms with Crippen molar-refractivity contribution in [1.82, 2.24) is 9.55 Å². The summed E-state index contributed by atoms with van der Waals surface area (Å²) in [6.07, 6.45) is 0.722. The van der Waals surface area contributed by atoms with Gasteiger partial charge in [0.15, 0.2) is 0 Å². The van der Waals surface area contributed by atoms with Gasteiger partial charge in [-0.25, -0.2) is 4.98 Å². The third-order valence-electron chi connectivity index (χ3n) is 2.70. The van der Waals surface area contributed by atoms with Crippen molar-refractivity contribution >= 4 is 10.9 Å². The molecule has 0 aliphatic rings. The Balaban J connectivity index is 2.92. The zero-order valence-corrected chi connectivity index (χ0v) is 9.65. The number of nitrogens with zero attached hydrogens (tertiary/aromatic N) is 2. The lowest BCUT2D eigenvalue weighted by atomic mass is 10.2. The SMILES string of the molecule is CCc1nc2c(OC)cccc2c(=O)n1C. The molecule has 0 bridgehead atoms. The molecule has 0 saturated carbocycles. The molecule has 0 aliphatic carbocycles. The van der Waals surface area contributed by atoms with Crippen molar-refractivity contribution < 1.29 is 4.74 Å². The van der Waals surface area contributed by atoms with Crippen molar-refractivity contribution in [3.8, 4) is 5.75 Å². The average Bonchev–Trinajstić information content (AvgIpc) is 2.33. The largest absolute Gasteiger partial charge is 0.494 e. The summed E-state index contributed by atoms with van der Waals surface area (Å²) in [6, 6.07) is 5.39. The Bertz CT molecular complexity index is 587. The van der Waals surface area contributed by atoms with Crippen LogP contribution in [0.4, 0.5) is 0 Å². The molecule has 0 aliphatic heterocycles. The summed E-state index contributed by atoms with van der Waals surface area (Å²) in [4.78, 5) is 16.5. The lowest BCUT2D eigenvalue weighted by molar-refractivity contribution is 0.418. The fourth-order valence-corrected chi connectivity index (χ4v) is 1.79. The highest BCUT2D eigenvalue weighted by Gasteiger charge is 2.09. The third kappa shape index (κ3) is 1.46. The minimum atomic E-state index is -0.0271. The lowest BCUT2D eigenvalue weighted by Gasteiger charge is -2.09. The van der Waals surface area contributed by atoms with E-state index in [4.69, 9.17) is 4.74 Å². The van der Waals surface area contributed by atoms with Crippen LogP contribution < -0.4 is 10.3 Å². The summed E-state index contributed by atoms with van der Waals surface area (Å²) in [5, 5.41) is 0.596. The smallest absolute Gasteiger partial charge is 0.261 e. The highest BCUT2D eigenvalue weighted by atomic mass is 16.5. The van der Waals surface area contributed by atoms with E-state index in [1.54, 1.807) is 30.9 Å². The fraction of sp³-hybridized carbons (Fsp3) is 0.333. The lowest BCUT2D eigenvalue weighted by Crippen LogP contribution is -2.22. The number of hydrogen-bond acceptors (Lipinski definition) is 3. The first-order valence-electron chi connectivity index (χ1n) is 5.21. The van der Waals surface area contributed by atoms with E-state index in [1.165, 1.54) is 0 Å². The summed E-state index contributed by atoms with van der Waals surface area (Å²) in [6.45, 7) is 1.98. The summed E-state index contributed by atoms with van der Waals surface area (Å²) < 4.78 is 6.80. The Morgan fingerprint density at radius 2 is 2.19 bits per heavy atom. The van der Waals surface area contributed by atoms with Crippen LogP contribution in [0.1, 0.15) is 12.7 Å². The molecule has 0 amide bonds. The van der Waals surface area contributed by atoms with Crippen molar-refractivity contribution in [3.05, 3.63) is 34.4 Å². The predicted molar refractivity (Wildman–Crippen MR) is 62.9 cm³/mol. The molecule has 1 aromatic heterocycles. The van der Waals surface area contributed by atoms with Gasteiger partial charge < -0.3 is 4.74 Å². The summed E-state index contributed by atoms with van der Waals surface area (Å²) in [7, 11) is 3.33. The van der Waals surface area contributed by atoms with E-state index in [0.29, 0.717) is 16.7 Å². The minimum Gasteiger partial charge on any atom is -0.494 e. The molecule has 4 nitrogen and oxygen atoms in total. The van der Waals surface area contributed by atoms with E-state index >= 15 is 0 Å². The Labute approximate surface area is 93.5 Å². The predicted octanol–water partition coefficient (Wildman–Crippen LogP) is 1.50. The second-order valence-electron chi connectivity index (χ2n) is 3.60. The molecular formula is C12H14N2O2. The van der Waals surface area contributed by atoms with Crippen molar-refractivity contribution in [3.63, 3.8) is 0 Å². The number of rotatable bonds is 2. The second-order valence-corrected chi connectivity index (χ2v) is 3.60. The first-order valence-corrected chi connectivity index (χ1v) is 5.21. The number of para-hydroxylation sites is 1. The maximum Gasteiger partial charge on any atom is 0.261 e. The molecule has 84 valence electrons. The Morgan fingerprint density at radius 3 is 2.81 bits per heavy atom.